The third kappa shape index (κ3) is 4.74. The molecule has 2 rings (SSSR count). The van der Waals surface area contributed by atoms with Crippen molar-refractivity contribution in [3.8, 4) is 0 Å². The number of hydrogen-bond acceptors (Lipinski definition) is 3. The van der Waals surface area contributed by atoms with Crippen molar-refractivity contribution < 1.29 is 4.79 Å². The van der Waals surface area contributed by atoms with E-state index in [0.717, 1.165) is 32.4 Å². The Morgan fingerprint density at radius 1 is 1.20 bits per heavy atom. The van der Waals surface area contributed by atoms with Crippen LogP contribution in [0.1, 0.15) is 51.9 Å². The van der Waals surface area contributed by atoms with Crippen LogP contribution < -0.4 is 11.1 Å². The van der Waals surface area contributed by atoms with Gasteiger partial charge in [0.25, 0.3) is 0 Å². The van der Waals surface area contributed by atoms with Crippen LogP contribution in [-0.4, -0.2) is 43.0 Å². The monoisotopic (exact) mass is 281 g/mol. The fraction of sp³-hybridized carbons (Fsp3) is 0.938. The molecule has 4 nitrogen and oxygen atoms in total. The Bertz CT molecular complexity index is 300. The number of rotatable bonds is 4. The van der Waals surface area contributed by atoms with Gasteiger partial charge < -0.3 is 16.0 Å². The molecule has 1 saturated carbocycles. The van der Waals surface area contributed by atoms with Crippen molar-refractivity contribution in [3.05, 3.63) is 0 Å². The maximum atomic E-state index is 12.2. The fourth-order valence-electron chi connectivity index (χ4n) is 3.50. The molecular weight excluding hydrogens is 250 g/mol. The number of carbonyl (C=O) groups is 1. The summed E-state index contributed by atoms with van der Waals surface area (Å²) in [6, 6.07) is 0.288. The lowest BCUT2D eigenvalue weighted by atomic mass is 9.79. The molecule has 1 aliphatic carbocycles. The molecule has 3 atom stereocenters. The van der Waals surface area contributed by atoms with Gasteiger partial charge in [0.2, 0.25) is 5.91 Å². The van der Waals surface area contributed by atoms with Crippen molar-refractivity contribution in [2.45, 2.75) is 57.9 Å². The number of nitrogens with zero attached hydrogens (tertiary/aromatic N) is 1. The standard InChI is InChI=1S/C16H31N3O/c1-13-12-14(6-7-15(13)17)16(20)18-8-11-19-9-4-2-3-5-10-19/h13-15H,2-12,17H2,1H3,(H,18,20). The van der Waals surface area contributed by atoms with Crippen molar-refractivity contribution in [3.63, 3.8) is 0 Å². The zero-order chi connectivity index (χ0) is 14.4. The van der Waals surface area contributed by atoms with E-state index in [1.807, 2.05) is 0 Å². The van der Waals surface area contributed by atoms with Crippen LogP contribution in [0.15, 0.2) is 0 Å². The molecule has 0 aromatic carbocycles. The maximum Gasteiger partial charge on any atom is 0.223 e. The highest BCUT2D eigenvalue weighted by Crippen LogP contribution is 2.27. The lowest BCUT2D eigenvalue weighted by Gasteiger charge is -2.31. The largest absolute Gasteiger partial charge is 0.355 e. The average molecular weight is 281 g/mol. The minimum Gasteiger partial charge on any atom is -0.355 e. The lowest BCUT2D eigenvalue weighted by molar-refractivity contribution is -0.126. The summed E-state index contributed by atoms with van der Waals surface area (Å²) in [5.41, 5.74) is 6.01. The lowest BCUT2D eigenvalue weighted by Crippen LogP contribution is -2.42. The van der Waals surface area contributed by atoms with Crippen LogP contribution >= 0.6 is 0 Å². The number of nitrogens with one attached hydrogen (secondary N) is 1. The Morgan fingerprint density at radius 3 is 2.55 bits per heavy atom. The number of hydrogen-bond donors (Lipinski definition) is 2. The number of nitrogens with two attached hydrogens (primary N) is 1. The van der Waals surface area contributed by atoms with Gasteiger partial charge in [-0.2, -0.15) is 0 Å². The first-order valence-electron chi connectivity index (χ1n) is 8.42. The van der Waals surface area contributed by atoms with Gasteiger partial charge in [-0.1, -0.05) is 19.8 Å². The summed E-state index contributed by atoms with van der Waals surface area (Å²) in [4.78, 5) is 14.7. The topological polar surface area (TPSA) is 58.4 Å². The summed E-state index contributed by atoms with van der Waals surface area (Å²) in [5, 5.41) is 3.13. The van der Waals surface area contributed by atoms with Gasteiger partial charge in [0.05, 0.1) is 0 Å². The van der Waals surface area contributed by atoms with Crippen molar-refractivity contribution >= 4 is 5.91 Å². The molecule has 0 aromatic heterocycles. The molecule has 20 heavy (non-hydrogen) atoms. The number of likely N-dealkylation sites (tertiary alicyclic amines) is 1. The third-order valence-electron chi connectivity index (χ3n) is 5.03. The molecule has 2 aliphatic rings. The summed E-state index contributed by atoms with van der Waals surface area (Å²) < 4.78 is 0. The van der Waals surface area contributed by atoms with E-state index in [1.54, 1.807) is 0 Å². The third-order valence-corrected chi connectivity index (χ3v) is 5.03. The van der Waals surface area contributed by atoms with Crippen LogP contribution in [-0.2, 0) is 4.79 Å². The molecule has 0 bridgehead atoms. The Morgan fingerprint density at radius 2 is 1.90 bits per heavy atom. The molecule has 3 N–H and O–H groups in total. The first-order chi connectivity index (χ1) is 9.66. The zero-order valence-corrected chi connectivity index (χ0v) is 12.9. The predicted octanol–water partition coefficient (Wildman–Crippen LogP) is 1.74. The first-order valence-corrected chi connectivity index (χ1v) is 8.42. The molecule has 1 amide bonds. The van der Waals surface area contributed by atoms with E-state index < -0.39 is 0 Å². The minimum atomic E-state index is 0.189. The van der Waals surface area contributed by atoms with Gasteiger partial charge in [0.15, 0.2) is 0 Å². The zero-order valence-electron chi connectivity index (χ0n) is 12.9. The highest BCUT2D eigenvalue weighted by molar-refractivity contribution is 5.78. The Kier molecular flexibility index (Phi) is 6.30. The minimum absolute atomic E-state index is 0.189. The molecule has 1 saturated heterocycles. The van der Waals surface area contributed by atoms with Gasteiger partial charge in [0.1, 0.15) is 0 Å². The van der Waals surface area contributed by atoms with Crippen LogP contribution in [0.5, 0.6) is 0 Å². The van der Waals surface area contributed by atoms with Gasteiger partial charge >= 0.3 is 0 Å². The molecule has 2 fully saturated rings. The highest BCUT2D eigenvalue weighted by Gasteiger charge is 2.29. The summed E-state index contributed by atoms with van der Waals surface area (Å²) in [6.07, 6.45) is 8.26. The number of carbonyl (C=O) groups excluding carboxylic acids is 1. The smallest absolute Gasteiger partial charge is 0.223 e. The van der Waals surface area contributed by atoms with Crippen LogP contribution in [0, 0.1) is 11.8 Å². The van der Waals surface area contributed by atoms with E-state index in [-0.39, 0.29) is 17.9 Å². The predicted molar refractivity (Wildman–Crippen MR) is 82.4 cm³/mol. The van der Waals surface area contributed by atoms with Crippen molar-refractivity contribution in [2.75, 3.05) is 26.2 Å². The second-order valence-electron chi connectivity index (χ2n) is 6.70. The summed E-state index contributed by atoms with van der Waals surface area (Å²) in [7, 11) is 0. The summed E-state index contributed by atoms with van der Waals surface area (Å²) in [5.74, 6) is 0.914. The second-order valence-corrected chi connectivity index (χ2v) is 6.70. The van der Waals surface area contributed by atoms with Gasteiger partial charge in [-0.25, -0.2) is 0 Å². The van der Waals surface area contributed by atoms with Crippen molar-refractivity contribution in [2.24, 2.45) is 17.6 Å². The fourth-order valence-corrected chi connectivity index (χ4v) is 3.50. The molecule has 3 unspecified atom stereocenters. The average Bonchev–Trinajstić information content (AvgIpc) is 2.70. The van der Waals surface area contributed by atoms with Crippen LogP contribution in [0.25, 0.3) is 0 Å². The van der Waals surface area contributed by atoms with Crippen LogP contribution in [0.3, 0.4) is 0 Å². The quantitative estimate of drug-likeness (QED) is 0.825. The van der Waals surface area contributed by atoms with Crippen LogP contribution in [0.4, 0.5) is 0 Å². The Labute approximate surface area is 123 Å². The van der Waals surface area contributed by atoms with E-state index >= 15 is 0 Å². The van der Waals surface area contributed by atoms with Crippen molar-refractivity contribution in [1.82, 2.24) is 10.2 Å². The van der Waals surface area contributed by atoms with Gasteiger partial charge in [-0.3, -0.25) is 4.79 Å². The number of amides is 1. The van der Waals surface area contributed by atoms with Gasteiger partial charge in [-0.15, -0.1) is 0 Å². The molecule has 4 heteroatoms. The Hall–Kier alpha value is -0.610. The first kappa shape index (κ1) is 15.8. The molecule has 1 heterocycles. The normalized spacial score (nSPS) is 32.6. The molecule has 1 aliphatic heterocycles. The van der Waals surface area contributed by atoms with E-state index in [9.17, 15) is 4.79 Å². The molecule has 0 radical (unpaired) electrons. The molecule has 0 aromatic rings. The maximum absolute atomic E-state index is 12.2. The molecule has 116 valence electrons. The Balaban J connectivity index is 1.64. The van der Waals surface area contributed by atoms with Crippen molar-refractivity contribution in [1.29, 1.82) is 0 Å². The summed E-state index contributed by atoms with van der Waals surface area (Å²) in [6.45, 7) is 6.38. The van der Waals surface area contributed by atoms with Crippen LogP contribution in [0.2, 0.25) is 0 Å². The molecule has 0 spiro atoms. The molecular formula is C16H31N3O. The van der Waals surface area contributed by atoms with Gasteiger partial charge in [-0.05, 0) is 51.1 Å². The van der Waals surface area contributed by atoms with E-state index in [0.29, 0.717) is 5.92 Å². The second kappa shape index (κ2) is 7.99. The summed E-state index contributed by atoms with van der Waals surface area (Å²) >= 11 is 0. The highest BCUT2D eigenvalue weighted by atomic mass is 16.1. The van der Waals surface area contributed by atoms with E-state index in [4.69, 9.17) is 5.73 Å². The van der Waals surface area contributed by atoms with E-state index in [2.05, 4.69) is 17.1 Å². The van der Waals surface area contributed by atoms with E-state index in [1.165, 1.54) is 38.8 Å². The van der Waals surface area contributed by atoms with Gasteiger partial charge in [0, 0.05) is 25.0 Å². The SMILES string of the molecule is CC1CC(C(=O)NCCN2CCCCCC2)CCC1N.